The zero-order valence-corrected chi connectivity index (χ0v) is 11.4. The minimum atomic E-state index is 0.288. The molecule has 0 aromatic carbocycles. The quantitative estimate of drug-likeness (QED) is 0.631. The van der Waals surface area contributed by atoms with E-state index in [1.54, 1.807) is 0 Å². The summed E-state index contributed by atoms with van der Waals surface area (Å²) in [6.45, 7) is 14.9. The molecule has 1 nitrogen and oxygen atoms in total. The molecule has 1 rings (SSSR count). The van der Waals surface area contributed by atoms with Gasteiger partial charge >= 0.3 is 0 Å². The minimum Gasteiger partial charge on any atom is -0.377 e. The molecule has 1 heterocycles. The smallest absolute Gasteiger partial charge is 0.0651 e. The fourth-order valence-electron chi connectivity index (χ4n) is 2.80. The van der Waals surface area contributed by atoms with Crippen molar-refractivity contribution in [3.63, 3.8) is 0 Å². The second-order valence-corrected chi connectivity index (χ2v) is 7.32. The third-order valence-corrected chi connectivity index (χ3v) is 3.17. The van der Waals surface area contributed by atoms with Crippen molar-refractivity contribution in [1.82, 2.24) is 0 Å². The van der Waals surface area contributed by atoms with E-state index in [0.717, 1.165) is 12.5 Å². The van der Waals surface area contributed by atoms with Gasteiger partial charge in [-0.2, -0.15) is 0 Å². The Morgan fingerprint density at radius 1 is 1.07 bits per heavy atom. The maximum Gasteiger partial charge on any atom is 0.0651 e. The van der Waals surface area contributed by atoms with Crippen molar-refractivity contribution >= 4 is 0 Å². The third-order valence-electron chi connectivity index (χ3n) is 3.17. The molecule has 1 fully saturated rings. The van der Waals surface area contributed by atoms with Gasteiger partial charge < -0.3 is 4.74 Å². The molecule has 1 aliphatic rings. The molecule has 0 aromatic rings. The first-order valence-electron chi connectivity index (χ1n) is 6.32. The molecule has 90 valence electrons. The Kier molecular flexibility index (Phi) is 3.86. The molecule has 0 N–H and O–H groups in total. The van der Waals surface area contributed by atoms with Crippen LogP contribution in [0.5, 0.6) is 0 Å². The van der Waals surface area contributed by atoms with Gasteiger partial charge in [0.25, 0.3) is 0 Å². The zero-order chi connectivity index (χ0) is 11.7. The van der Waals surface area contributed by atoms with Crippen molar-refractivity contribution in [2.24, 2.45) is 16.7 Å². The molecule has 0 aromatic heterocycles. The number of hydrogen-bond acceptors (Lipinski definition) is 1. The standard InChI is InChI=1S/C14H28O/c1-13(2,3)10-11-8-7-9-15-12(11)14(4,5)6/h11-12H,7-10H2,1-6H3. The van der Waals surface area contributed by atoms with Crippen LogP contribution in [0, 0.1) is 16.7 Å². The molecule has 0 saturated carbocycles. The maximum absolute atomic E-state index is 6.00. The molecule has 15 heavy (non-hydrogen) atoms. The monoisotopic (exact) mass is 212 g/mol. The van der Waals surface area contributed by atoms with Gasteiger partial charge in [0, 0.05) is 6.61 Å². The van der Waals surface area contributed by atoms with Gasteiger partial charge in [0.15, 0.2) is 0 Å². The summed E-state index contributed by atoms with van der Waals surface area (Å²) in [7, 11) is 0. The lowest BCUT2D eigenvalue weighted by molar-refractivity contribution is -0.0942. The second kappa shape index (κ2) is 4.45. The Bertz CT molecular complexity index is 194. The normalized spacial score (nSPS) is 29.2. The highest BCUT2D eigenvalue weighted by atomic mass is 16.5. The molecule has 1 heteroatoms. The summed E-state index contributed by atoms with van der Waals surface area (Å²) in [5, 5.41) is 0. The van der Waals surface area contributed by atoms with Gasteiger partial charge in [0.1, 0.15) is 0 Å². The topological polar surface area (TPSA) is 9.23 Å². The Balaban J connectivity index is 2.66. The predicted octanol–water partition coefficient (Wildman–Crippen LogP) is 4.26. The fraction of sp³-hybridized carbons (Fsp3) is 1.00. The highest BCUT2D eigenvalue weighted by molar-refractivity contribution is 4.86. The van der Waals surface area contributed by atoms with E-state index < -0.39 is 0 Å². The summed E-state index contributed by atoms with van der Waals surface area (Å²) in [5.74, 6) is 0.749. The van der Waals surface area contributed by atoms with E-state index in [9.17, 15) is 0 Å². The van der Waals surface area contributed by atoms with Crippen molar-refractivity contribution in [2.75, 3.05) is 6.61 Å². The zero-order valence-electron chi connectivity index (χ0n) is 11.4. The summed E-state index contributed by atoms with van der Waals surface area (Å²) in [4.78, 5) is 0. The molecule has 1 aliphatic heterocycles. The van der Waals surface area contributed by atoms with E-state index in [4.69, 9.17) is 4.74 Å². The Morgan fingerprint density at radius 3 is 2.13 bits per heavy atom. The molecule has 0 spiro atoms. The number of rotatable bonds is 1. The van der Waals surface area contributed by atoms with Crippen molar-refractivity contribution in [3.05, 3.63) is 0 Å². The summed E-state index contributed by atoms with van der Waals surface area (Å²) in [6, 6.07) is 0. The van der Waals surface area contributed by atoms with Crippen molar-refractivity contribution in [2.45, 2.75) is 66.9 Å². The van der Waals surface area contributed by atoms with Crippen molar-refractivity contribution < 1.29 is 4.74 Å². The molecular formula is C14H28O. The highest BCUT2D eigenvalue weighted by Crippen LogP contribution is 2.39. The first kappa shape index (κ1) is 13.0. The van der Waals surface area contributed by atoms with Gasteiger partial charge in [-0.3, -0.25) is 0 Å². The first-order valence-corrected chi connectivity index (χ1v) is 6.32. The van der Waals surface area contributed by atoms with Crippen LogP contribution in [0.2, 0.25) is 0 Å². The summed E-state index contributed by atoms with van der Waals surface area (Å²) < 4.78 is 6.00. The van der Waals surface area contributed by atoms with Crippen LogP contribution in [-0.2, 0) is 4.74 Å². The molecule has 0 amide bonds. The molecule has 2 atom stereocenters. The molecule has 1 saturated heterocycles. The van der Waals surface area contributed by atoms with Gasteiger partial charge in [-0.05, 0) is 36.0 Å². The highest BCUT2D eigenvalue weighted by Gasteiger charge is 2.36. The average molecular weight is 212 g/mol. The summed E-state index contributed by atoms with van der Waals surface area (Å²) in [6.07, 6.45) is 4.33. The third kappa shape index (κ3) is 4.14. The minimum absolute atomic E-state index is 0.288. The SMILES string of the molecule is CC(C)(C)CC1CCCOC1C(C)(C)C. The number of ether oxygens (including phenoxy) is 1. The van der Waals surface area contributed by atoms with Gasteiger partial charge in [0.2, 0.25) is 0 Å². The van der Waals surface area contributed by atoms with E-state index in [1.807, 2.05) is 0 Å². The Labute approximate surface area is 95.6 Å². The lowest BCUT2D eigenvalue weighted by Gasteiger charge is -2.42. The van der Waals surface area contributed by atoms with Crippen LogP contribution >= 0.6 is 0 Å². The second-order valence-electron chi connectivity index (χ2n) is 7.32. The van der Waals surface area contributed by atoms with Gasteiger partial charge in [-0.1, -0.05) is 41.5 Å². The van der Waals surface area contributed by atoms with Crippen LogP contribution in [0.1, 0.15) is 60.8 Å². The lowest BCUT2D eigenvalue weighted by Crippen LogP contribution is -2.41. The summed E-state index contributed by atoms with van der Waals surface area (Å²) in [5.41, 5.74) is 0.713. The average Bonchev–Trinajstić information content (AvgIpc) is 1.99. The van der Waals surface area contributed by atoms with Crippen LogP contribution in [0.25, 0.3) is 0 Å². The van der Waals surface area contributed by atoms with E-state index >= 15 is 0 Å². The van der Waals surface area contributed by atoms with Crippen LogP contribution in [-0.4, -0.2) is 12.7 Å². The van der Waals surface area contributed by atoms with Gasteiger partial charge in [-0.25, -0.2) is 0 Å². The summed E-state index contributed by atoms with van der Waals surface area (Å²) >= 11 is 0. The van der Waals surface area contributed by atoms with E-state index in [1.165, 1.54) is 19.3 Å². The first-order chi connectivity index (χ1) is 6.70. The van der Waals surface area contributed by atoms with Crippen LogP contribution < -0.4 is 0 Å². The molecular weight excluding hydrogens is 184 g/mol. The molecule has 0 bridgehead atoms. The van der Waals surface area contributed by atoms with Gasteiger partial charge in [-0.15, -0.1) is 0 Å². The number of hydrogen-bond donors (Lipinski definition) is 0. The van der Waals surface area contributed by atoms with Crippen LogP contribution in [0.3, 0.4) is 0 Å². The predicted molar refractivity (Wildman–Crippen MR) is 66.0 cm³/mol. The molecule has 0 aliphatic carbocycles. The van der Waals surface area contributed by atoms with Crippen molar-refractivity contribution in [1.29, 1.82) is 0 Å². The largest absolute Gasteiger partial charge is 0.377 e. The van der Waals surface area contributed by atoms with E-state index in [2.05, 4.69) is 41.5 Å². The van der Waals surface area contributed by atoms with Crippen molar-refractivity contribution in [3.8, 4) is 0 Å². The van der Waals surface area contributed by atoms with E-state index in [-0.39, 0.29) is 5.41 Å². The fourth-order valence-corrected chi connectivity index (χ4v) is 2.80. The molecule has 0 radical (unpaired) electrons. The Hall–Kier alpha value is -0.0400. The van der Waals surface area contributed by atoms with E-state index in [0.29, 0.717) is 11.5 Å². The maximum atomic E-state index is 6.00. The van der Waals surface area contributed by atoms with Crippen LogP contribution in [0.4, 0.5) is 0 Å². The Morgan fingerprint density at radius 2 is 1.67 bits per heavy atom. The lowest BCUT2D eigenvalue weighted by atomic mass is 9.72. The van der Waals surface area contributed by atoms with Gasteiger partial charge in [0.05, 0.1) is 6.10 Å². The molecule has 2 unspecified atom stereocenters. The van der Waals surface area contributed by atoms with Crippen LogP contribution in [0.15, 0.2) is 0 Å².